The number of hydrogen-bond acceptors (Lipinski definition) is 5. The molecule has 0 aliphatic carbocycles. The second-order valence-corrected chi connectivity index (χ2v) is 8.66. The number of aromatic nitrogens is 2. The van der Waals surface area contributed by atoms with Gasteiger partial charge in [0.2, 0.25) is 5.95 Å². The van der Waals surface area contributed by atoms with Gasteiger partial charge in [0.15, 0.2) is 0 Å². The van der Waals surface area contributed by atoms with Crippen molar-refractivity contribution in [1.29, 1.82) is 0 Å². The summed E-state index contributed by atoms with van der Waals surface area (Å²) in [4.78, 5) is 32.7. The maximum atomic E-state index is 13.3. The molecule has 0 unspecified atom stereocenters. The number of anilines is 1. The Morgan fingerprint density at radius 1 is 1.06 bits per heavy atom. The van der Waals surface area contributed by atoms with Gasteiger partial charge in [0, 0.05) is 49.2 Å². The highest BCUT2D eigenvalue weighted by Crippen LogP contribution is 2.20. The molecule has 0 radical (unpaired) electrons. The van der Waals surface area contributed by atoms with Gasteiger partial charge in [-0.25, -0.2) is 4.98 Å². The van der Waals surface area contributed by atoms with Gasteiger partial charge in [-0.05, 0) is 42.0 Å². The minimum absolute atomic E-state index is 0.131. The van der Waals surface area contributed by atoms with Crippen molar-refractivity contribution < 1.29 is 4.79 Å². The van der Waals surface area contributed by atoms with E-state index in [4.69, 9.17) is 28.2 Å². The maximum Gasteiger partial charge on any atom is 0.278 e. The Labute approximate surface area is 196 Å². The van der Waals surface area contributed by atoms with Crippen LogP contribution in [-0.4, -0.2) is 41.1 Å². The number of hydrogen-bond donors (Lipinski definition) is 1. The fourth-order valence-corrected chi connectivity index (χ4v) is 3.94. The number of carbonyl (C=O) groups is 1. The van der Waals surface area contributed by atoms with Gasteiger partial charge in [0.05, 0.1) is 17.8 Å². The number of fused-ring (bicyclic) bond motifs is 1. The summed E-state index contributed by atoms with van der Waals surface area (Å²) in [6.07, 6.45) is 0.508. The summed E-state index contributed by atoms with van der Waals surface area (Å²) in [6, 6.07) is 14.3. The van der Waals surface area contributed by atoms with Crippen molar-refractivity contribution in [2.24, 2.45) is 0 Å². The molecule has 32 heavy (non-hydrogen) atoms. The molecule has 2 heterocycles. The van der Waals surface area contributed by atoms with E-state index in [0.717, 1.165) is 5.56 Å². The zero-order valence-electron chi connectivity index (χ0n) is 17.8. The number of amides is 1. The van der Waals surface area contributed by atoms with Crippen LogP contribution in [0, 0.1) is 0 Å². The first-order valence-corrected chi connectivity index (χ1v) is 10.9. The molecule has 0 spiro atoms. The van der Waals surface area contributed by atoms with E-state index < -0.39 is 0 Å². The van der Waals surface area contributed by atoms with Crippen LogP contribution >= 0.6 is 23.2 Å². The fraction of sp³-hybridized carbons (Fsp3) is 0.261. The lowest BCUT2D eigenvalue weighted by molar-refractivity contribution is 0.0732. The molecule has 0 saturated carbocycles. The zero-order chi connectivity index (χ0) is 22.8. The minimum atomic E-state index is -0.188. The molecule has 1 N–H and O–H groups in total. The Morgan fingerprint density at radius 3 is 2.31 bits per heavy atom. The first kappa shape index (κ1) is 22.2. The fourth-order valence-electron chi connectivity index (χ4n) is 3.68. The van der Waals surface area contributed by atoms with E-state index in [2.05, 4.69) is 5.32 Å². The number of halogens is 2. The summed E-state index contributed by atoms with van der Waals surface area (Å²) >= 11 is 11.9. The molecule has 1 amide bonds. The summed E-state index contributed by atoms with van der Waals surface area (Å²) in [7, 11) is 3.56. The van der Waals surface area contributed by atoms with E-state index in [9.17, 15) is 9.59 Å². The monoisotopic (exact) mass is 471 g/mol. The van der Waals surface area contributed by atoms with E-state index in [0.29, 0.717) is 52.3 Å². The molecule has 3 aromatic rings. The van der Waals surface area contributed by atoms with Crippen molar-refractivity contribution >= 4 is 35.1 Å². The average Bonchev–Trinajstić information content (AvgIpc) is 2.78. The highest BCUT2D eigenvalue weighted by atomic mass is 35.5. The predicted octanol–water partition coefficient (Wildman–Crippen LogP) is 3.56. The second kappa shape index (κ2) is 9.22. The van der Waals surface area contributed by atoms with Gasteiger partial charge in [0.25, 0.3) is 11.5 Å². The van der Waals surface area contributed by atoms with Crippen molar-refractivity contribution in [3.05, 3.63) is 91.3 Å². The van der Waals surface area contributed by atoms with E-state index in [1.807, 2.05) is 24.3 Å². The Balaban J connectivity index is 1.60. The standard InChI is InChI=1S/C23H23Cl2N5O2/c1-28(2)30-22(32)19-14-29(21(31)16-5-9-18(25)10-6-16)12-11-20(19)27-23(30)26-13-15-3-7-17(24)8-4-15/h3-10H,11-14H2,1-2H3,(H,26,27). The molecule has 0 fully saturated rings. The van der Waals surface area contributed by atoms with E-state index in [1.54, 1.807) is 48.3 Å². The van der Waals surface area contributed by atoms with Crippen molar-refractivity contribution in [3.8, 4) is 0 Å². The van der Waals surface area contributed by atoms with Gasteiger partial charge in [-0.1, -0.05) is 35.3 Å². The normalized spacial score (nSPS) is 12.9. The Hall–Kier alpha value is -3.03. The molecule has 1 aliphatic heterocycles. The highest BCUT2D eigenvalue weighted by Gasteiger charge is 2.27. The molecule has 0 bridgehead atoms. The lowest BCUT2D eigenvalue weighted by atomic mass is 10.1. The smallest absolute Gasteiger partial charge is 0.278 e. The molecule has 1 aliphatic rings. The molecule has 166 valence electrons. The van der Waals surface area contributed by atoms with Crippen LogP contribution in [0.15, 0.2) is 53.3 Å². The highest BCUT2D eigenvalue weighted by molar-refractivity contribution is 6.30. The van der Waals surface area contributed by atoms with Crippen LogP contribution in [-0.2, 0) is 19.5 Å². The number of rotatable bonds is 5. The summed E-state index contributed by atoms with van der Waals surface area (Å²) in [5.74, 6) is 0.333. The van der Waals surface area contributed by atoms with Gasteiger partial charge in [-0.3, -0.25) is 9.59 Å². The van der Waals surface area contributed by atoms with Crippen LogP contribution in [0.4, 0.5) is 5.95 Å². The lowest BCUT2D eigenvalue weighted by Gasteiger charge is -2.30. The van der Waals surface area contributed by atoms with Gasteiger partial charge in [0.1, 0.15) is 0 Å². The first-order valence-electron chi connectivity index (χ1n) is 10.2. The Kier molecular flexibility index (Phi) is 6.39. The molecule has 4 rings (SSSR count). The molecule has 7 nitrogen and oxygen atoms in total. The summed E-state index contributed by atoms with van der Waals surface area (Å²) in [5.41, 5.74) is 2.62. The lowest BCUT2D eigenvalue weighted by Crippen LogP contribution is -2.45. The van der Waals surface area contributed by atoms with Crippen molar-refractivity contribution in [2.75, 3.05) is 31.0 Å². The first-order chi connectivity index (χ1) is 15.3. The number of carbonyl (C=O) groups excluding carboxylic acids is 1. The molecule has 0 saturated heterocycles. The molecule has 9 heteroatoms. The van der Waals surface area contributed by atoms with Crippen molar-refractivity contribution in [3.63, 3.8) is 0 Å². The van der Waals surface area contributed by atoms with Crippen LogP contribution in [0.25, 0.3) is 0 Å². The maximum absolute atomic E-state index is 13.3. The van der Waals surface area contributed by atoms with E-state index in [1.165, 1.54) is 4.68 Å². The van der Waals surface area contributed by atoms with Crippen LogP contribution < -0.4 is 15.9 Å². The van der Waals surface area contributed by atoms with Crippen LogP contribution in [0.3, 0.4) is 0 Å². The SMILES string of the molecule is CN(C)n1c(NCc2ccc(Cl)cc2)nc2c(c1=O)CN(C(=O)c1ccc(Cl)cc1)CC2. The van der Waals surface area contributed by atoms with Gasteiger partial charge < -0.3 is 15.2 Å². The molecule has 0 atom stereocenters. The summed E-state index contributed by atoms with van der Waals surface area (Å²) in [6.45, 7) is 1.20. The Bertz CT molecular complexity index is 1190. The Morgan fingerprint density at radius 2 is 1.69 bits per heavy atom. The van der Waals surface area contributed by atoms with Gasteiger partial charge >= 0.3 is 0 Å². The number of benzene rings is 2. The van der Waals surface area contributed by atoms with Crippen LogP contribution in [0.1, 0.15) is 27.2 Å². The number of nitrogens with zero attached hydrogens (tertiary/aromatic N) is 4. The van der Waals surface area contributed by atoms with E-state index in [-0.39, 0.29) is 18.0 Å². The van der Waals surface area contributed by atoms with Crippen molar-refractivity contribution in [1.82, 2.24) is 14.6 Å². The van der Waals surface area contributed by atoms with Gasteiger partial charge in [-0.15, -0.1) is 0 Å². The molecular weight excluding hydrogens is 449 g/mol. The van der Waals surface area contributed by atoms with Crippen LogP contribution in [0.2, 0.25) is 10.0 Å². The largest absolute Gasteiger partial charge is 0.350 e. The second-order valence-electron chi connectivity index (χ2n) is 7.79. The average molecular weight is 472 g/mol. The zero-order valence-corrected chi connectivity index (χ0v) is 19.3. The third-order valence-corrected chi connectivity index (χ3v) is 5.85. The van der Waals surface area contributed by atoms with Crippen LogP contribution in [0.5, 0.6) is 0 Å². The molecule has 2 aromatic carbocycles. The summed E-state index contributed by atoms with van der Waals surface area (Å²) in [5, 5.41) is 6.18. The predicted molar refractivity (Wildman–Crippen MR) is 127 cm³/mol. The van der Waals surface area contributed by atoms with Gasteiger partial charge in [-0.2, -0.15) is 4.68 Å². The third kappa shape index (κ3) is 4.59. The minimum Gasteiger partial charge on any atom is -0.350 e. The van der Waals surface area contributed by atoms with Crippen molar-refractivity contribution in [2.45, 2.75) is 19.5 Å². The quantitative estimate of drug-likeness (QED) is 0.615. The van der Waals surface area contributed by atoms with E-state index >= 15 is 0 Å². The summed E-state index contributed by atoms with van der Waals surface area (Å²) < 4.78 is 1.49. The number of nitrogens with one attached hydrogen (secondary N) is 1. The third-order valence-electron chi connectivity index (χ3n) is 5.35. The molecular formula is C23H23Cl2N5O2. The topological polar surface area (TPSA) is 70.5 Å². The molecule has 1 aromatic heterocycles.